The Morgan fingerprint density at radius 2 is 2.11 bits per heavy atom. The lowest BCUT2D eigenvalue weighted by Gasteiger charge is -2.26. The number of nitrogens with one attached hydrogen (secondary N) is 1. The van der Waals surface area contributed by atoms with Crippen LogP contribution in [0.15, 0.2) is 18.2 Å². The van der Waals surface area contributed by atoms with Crippen molar-refractivity contribution < 1.29 is 23.0 Å². The van der Waals surface area contributed by atoms with Crippen LogP contribution < -0.4 is 10.1 Å². The van der Waals surface area contributed by atoms with Crippen molar-refractivity contribution in [3.8, 4) is 5.75 Å². The predicted molar refractivity (Wildman–Crippen MR) is 61.3 cm³/mol. The minimum Gasteiger partial charge on any atom is -0.488 e. The van der Waals surface area contributed by atoms with Crippen LogP contribution in [0.3, 0.4) is 0 Å². The SMILES string of the molecule is CNC(C)(COc1cc(F)ccc1F)C(=O)OC. The summed E-state index contributed by atoms with van der Waals surface area (Å²) in [4.78, 5) is 11.5. The maximum Gasteiger partial charge on any atom is 0.329 e. The molecule has 1 atom stereocenters. The van der Waals surface area contributed by atoms with Crippen molar-refractivity contribution in [3.05, 3.63) is 29.8 Å². The first-order valence-electron chi connectivity index (χ1n) is 5.28. The van der Waals surface area contributed by atoms with Crippen molar-refractivity contribution >= 4 is 5.97 Å². The van der Waals surface area contributed by atoms with Crippen LogP contribution in [0.5, 0.6) is 5.75 Å². The molecule has 1 unspecified atom stereocenters. The molecule has 1 aromatic rings. The third-order valence-electron chi connectivity index (χ3n) is 2.60. The van der Waals surface area contributed by atoms with Gasteiger partial charge in [0, 0.05) is 6.07 Å². The Hall–Kier alpha value is -1.69. The second-order valence-electron chi connectivity index (χ2n) is 3.94. The summed E-state index contributed by atoms with van der Waals surface area (Å²) in [5.41, 5.74) is -1.13. The standard InChI is InChI=1S/C12H15F2NO3/c1-12(15-2,11(16)17-3)7-18-10-6-8(13)4-5-9(10)14/h4-6,15H,7H2,1-3H3. The molecule has 1 N–H and O–H groups in total. The van der Waals surface area contributed by atoms with Crippen LogP contribution >= 0.6 is 0 Å². The highest BCUT2D eigenvalue weighted by atomic mass is 19.1. The zero-order valence-corrected chi connectivity index (χ0v) is 10.4. The normalized spacial score (nSPS) is 13.8. The topological polar surface area (TPSA) is 47.6 Å². The average molecular weight is 259 g/mol. The number of methoxy groups -OCH3 is 1. The Bertz CT molecular complexity index is 439. The number of likely N-dealkylation sites (N-methyl/N-ethyl adjacent to an activating group) is 1. The Labute approximate surface area is 104 Å². The van der Waals surface area contributed by atoms with Crippen LogP contribution in [0, 0.1) is 11.6 Å². The van der Waals surface area contributed by atoms with Gasteiger partial charge in [0.25, 0.3) is 0 Å². The van der Waals surface area contributed by atoms with Crippen LogP contribution in [0.4, 0.5) is 8.78 Å². The fourth-order valence-corrected chi connectivity index (χ4v) is 1.27. The lowest BCUT2D eigenvalue weighted by molar-refractivity contribution is -0.149. The molecule has 0 aromatic heterocycles. The minimum atomic E-state index is -1.13. The van der Waals surface area contributed by atoms with E-state index in [9.17, 15) is 13.6 Å². The molecule has 0 fully saturated rings. The molecule has 0 heterocycles. The van der Waals surface area contributed by atoms with Gasteiger partial charge in [0.05, 0.1) is 7.11 Å². The summed E-state index contributed by atoms with van der Waals surface area (Å²) in [5.74, 6) is -2.11. The van der Waals surface area contributed by atoms with Gasteiger partial charge in [-0.15, -0.1) is 0 Å². The van der Waals surface area contributed by atoms with Crippen molar-refractivity contribution in [1.82, 2.24) is 5.32 Å². The molecule has 0 aliphatic rings. The van der Waals surface area contributed by atoms with Gasteiger partial charge >= 0.3 is 5.97 Å². The summed E-state index contributed by atoms with van der Waals surface area (Å²) in [6.45, 7) is 1.35. The predicted octanol–water partition coefficient (Wildman–Crippen LogP) is 1.49. The third kappa shape index (κ3) is 3.16. The number of halogens is 2. The highest BCUT2D eigenvalue weighted by molar-refractivity contribution is 5.80. The molecule has 1 aromatic carbocycles. The fourth-order valence-electron chi connectivity index (χ4n) is 1.27. The summed E-state index contributed by atoms with van der Waals surface area (Å²) in [7, 11) is 2.78. The van der Waals surface area contributed by atoms with Crippen molar-refractivity contribution in [2.75, 3.05) is 20.8 Å². The number of hydrogen-bond donors (Lipinski definition) is 1. The molecular weight excluding hydrogens is 244 g/mol. The number of ether oxygens (including phenoxy) is 2. The average Bonchev–Trinajstić information content (AvgIpc) is 2.38. The maximum atomic E-state index is 13.3. The van der Waals surface area contributed by atoms with E-state index in [4.69, 9.17) is 4.74 Å². The first kappa shape index (κ1) is 14.4. The van der Waals surface area contributed by atoms with Gasteiger partial charge < -0.3 is 14.8 Å². The smallest absolute Gasteiger partial charge is 0.329 e. The molecule has 100 valence electrons. The first-order valence-corrected chi connectivity index (χ1v) is 5.28. The number of esters is 1. The van der Waals surface area contributed by atoms with Gasteiger partial charge in [-0.1, -0.05) is 0 Å². The van der Waals surface area contributed by atoms with Crippen LogP contribution in [0.2, 0.25) is 0 Å². The Kier molecular flexibility index (Phi) is 4.61. The fraction of sp³-hybridized carbons (Fsp3) is 0.417. The molecule has 0 amide bonds. The van der Waals surface area contributed by atoms with Gasteiger partial charge in [-0.25, -0.2) is 13.6 Å². The summed E-state index contributed by atoms with van der Waals surface area (Å²) < 4.78 is 35.9. The molecule has 0 saturated heterocycles. The van der Waals surface area contributed by atoms with Crippen LogP contribution in [-0.2, 0) is 9.53 Å². The highest BCUT2D eigenvalue weighted by Gasteiger charge is 2.34. The van der Waals surface area contributed by atoms with E-state index in [2.05, 4.69) is 10.1 Å². The zero-order valence-electron chi connectivity index (χ0n) is 10.4. The van der Waals surface area contributed by atoms with E-state index in [1.807, 2.05) is 0 Å². The second-order valence-corrected chi connectivity index (χ2v) is 3.94. The van der Waals surface area contributed by atoms with Crippen LogP contribution in [0.25, 0.3) is 0 Å². The highest BCUT2D eigenvalue weighted by Crippen LogP contribution is 2.19. The molecule has 18 heavy (non-hydrogen) atoms. The van der Waals surface area contributed by atoms with E-state index in [1.165, 1.54) is 14.0 Å². The van der Waals surface area contributed by atoms with E-state index in [-0.39, 0.29) is 12.4 Å². The zero-order chi connectivity index (χ0) is 13.8. The Morgan fingerprint density at radius 3 is 2.67 bits per heavy atom. The van der Waals surface area contributed by atoms with Crippen molar-refractivity contribution in [3.63, 3.8) is 0 Å². The van der Waals surface area contributed by atoms with Gasteiger partial charge in [-0.05, 0) is 26.1 Å². The van der Waals surface area contributed by atoms with Crippen LogP contribution in [0.1, 0.15) is 6.92 Å². The Balaban J connectivity index is 2.80. The Morgan fingerprint density at radius 1 is 1.44 bits per heavy atom. The van der Waals surface area contributed by atoms with Crippen LogP contribution in [-0.4, -0.2) is 32.3 Å². The second kappa shape index (κ2) is 5.77. The van der Waals surface area contributed by atoms with Crippen molar-refractivity contribution in [1.29, 1.82) is 0 Å². The summed E-state index contributed by atoms with van der Waals surface area (Å²) in [6.07, 6.45) is 0. The quantitative estimate of drug-likeness (QED) is 0.814. The maximum absolute atomic E-state index is 13.3. The van der Waals surface area contributed by atoms with Gasteiger partial charge in [0.15, 0.2) is 11.6 Å². The number of carbonyl (C=O) groups excluding carboxylic acids is 1. The number of hydrogen-bond acceptors (Lipinski definition) is 4. The molecule has 0 aliphatic carbocycles. The minimum absolute atomic E-state index is 0.184. The van der Waals surface area contributed by atoms with E-state index in [0.29, 0.717) is 0 Å². The van der Waals surface area contributed by atoms with E-state index < -0.39 is 23.1 Å². The first-order chi connectivity index (χ1) is 8.42. The third-order valence-corrected chi connectivity index (χ3v) is 2.60. The summed E-state index contributed by atoms with van der Waals surface area (Å²) >= 11 is 0. The van der Waals surface area contributed by atoms with Crippen molar-refractivity contribution in [2.24, 2.45) is 0 Å². The largest absolute Gasteiger partial charge is 0.488 e. The lowest BCUT2D eigenvalue weighted by atomic mass is 10.1. The van der Waals surface area contributed by atoms with E-state index >= 15 is 0 Å². The molecule has 0 aliphatic heterocycles. The molecule has 1 rings (SSSR count). The monoisotopic (exact) mass is 259 g/mol. The van der Waals surface area contributed by atoms with E-state index in [0.717, 1.165) is 18.2 Å². The lowest BCUT2D eigenvalue weighted by Crippen LogP contribution is -2.52. The molecule has 0 spiro atoms. The molecule has 4 nitrogen and oxygen atoms in total. The molecule has 0 radical (unpaired) electrons. The number of benzene rings is 1. The van der Waals surface area contributed by atoms with E-state index in [1.54, 1.807) is 7.05 Å². The van der Waals surface area contributed by atoms with Gasteiger partial charge in [-0.2, -0.15) is 0 Å². The summed E-state index contributed by atoms with van der Waals surface area (Å²) in [6, 6.07) is 2.86. The van der Waals surface area contributed by atoms with Gasteiger partial charge in [0.1, 0.15) is 18.0 Å². The number of rotatable bonds is 5. The molecule has 0 saturated carbocycles. The van der Waals surface area contributed by atoms with Gasteiger partial charge in [-0.3, -0.25) is 0 Å². The number of carbonyl (C=O) groups is 1. The summed E-state index contributed by atoms with van der Waals surface area (Å²) in [5, 5.41) is 2.72. The molecule has 0 bridgehead atoms. The van der Waals surface area contributed by atoms with Gasteiger partial charge in [0.2, 0.25) is 0 Å². The molecular formula is C12H15F2NO3. The molecule has 6 heteroatoms. The van der Waals surface area contributed by atoms with Crippen molar-refractivity contribution in [2.45, 2.75) is 12.5 Å².